The summed E-state index contributed by atoms with van der Waals surface area (Å²) >= 11 is 3.28. The number of ether oxygens (including phenoxy) is 2. The molecule has 1 aromatic rings. The number of hydrogen-bond donors (Lipinski definition) is 1. The van der Waals surface area contributed by atoms with E-state index in [-0.39, 0.29) is 5.82 Å². The molecule has 0 spiro atoms. The number of benzene rings is 1. The van der Waals surface area contributed by atoms with Gasteiger partial charge in [0, 0.05) is 50.0 Å². The maximum absolute atomic E-state index is 14.0. The van der Waals surface area contributed by atoms with Gasteiger partial charge in [0.05, 0.1) is 12.6 Å². The summed E-state index contributed by atoms with van der Waals surface area (Å²) in [6, 6.07) is 5.09. The van der Waals surface area contributed by atoms with E-state index < -0.39 is 0 Å². The van der Waals surface area contributed by atoms with Crippen molar-refractivity contribution in [1.82, 2.24) is 10.2 Å². The lowest BCUT2D eigenvalue weighted by molar-refractivity contribution is 0.00990. The van der Waals surface area contributed by atoms with Gasteiger partial charge in [-0.05, 0) is 38.3 Å². The number of methoxy groups -OCH3 is 1. The normalized spacial score (nSPS) is 16.2. The molecular weight excluding hydrogens is 401 g/mol. The van der Waals surface area contributed by atoms with Crippen LogP contribution in [0.15, 0.2) is 27.7 Å². The van der Waals surface area contributed by atoms with Crippen molar-refractivity contribution in [3.05, 3.63) is 34.1 Å². The van der Waals surface area contributed by atoms with E-state index in [9.17, 15) is 4.39 Å². The van der Waals surface area contributed by atoms with Gasteiger partial charge < -0.3 is 19.7 Å². The molecule has 0 bridgehead atoms. The Morgan fingerprint density at radius 1 is 1.35 bits per heavy atom. The fourth-order valence-electron chi connectivity index (χ4n) is 2.92. The summed E-state index contributed by atoms with van der Waals surface area (Å²) in [6.45, 7) is 6.43. The Labute approximate surface area is 164 Å². The van der Waals surface area contributed by atoms with Gasteiger partial charge in [-0.2, -0.15) is 0 Å². The quantitative estimate of drug-likeness (QED) is 0.389. The summed E-state index contributed by atoms with van der Waals surface area (Å²) in [6.07, 6.45) is 3.18. The van der Waals surface area contributed by atoms with Gasteiger partial charge in [-0.3, -0.25) is 0 Å². The number of nitrogens with one attached hydrogen (secondary N) is 1. The fraction of sp³-hybridized carbons (Fsp3) is 0.632. The molecule has 0 atom stereocenters. The molecule has 2 rings (SSSR count). The Kier molecular flexibility index (Phi) is 9.36. The summed E-state index contributed by atoms with van der Waals surface area (Å²) in [5.41, 5.74) is 0.597. The molecule has 0 aromatic heterocycles. The van der Waals surface area contributed by atoms with E-state index in [1.807, 2.05) is 13.0 Å². The van der Waals surface area contributed by atoms with Crippen LogP contribution in [0.25, 0.3) is 0 Å². The minimum absolute atomic E-state index is 0.234. The topological polar surface area (TPSA) is 46.1 Å². The Morgan fingerprint density at radius 2 is 2.12 bits per heavy atom. The molecule has 0 unspecified atom stereocenters. The molecule has 0 aliphatic carbocycles. The van der Waals surface area contributed by atoms with Gasteiger partial charge in [0.25, 0.3) is 0 Å². The molecule has 0 amide bonds. The number of rotatable bonds is 8. The minimum Gasteiger partial charge on any atom is -0.385 e. The summed E-state index contributed by atoms with van der Waals surface area (Å²) in [5, 5.41) is 3.32. The van der Waals surface area contributed by atoms with Crippen molar-refractivity contribution in [2.75, 3.05) is 40.0 Å². The zero-order valence-electron chi connectivity index (χ0n) is 15.6. The molecule has 7 heteroatoms. The van der Waals surface area contributed by atoms with E-state index in [1.165, 1.54) is 6.07 Å². The molecule has 1 heterocycles. The molecule has 0 radical (unpaired) electrons. The molecule has 1 saturated heterocycles. The zero-order chi connectivity index (χ0) is 18.8. The predicted octanol–water partition coefficient (Wildman–Crippen LogP) is 3.57. The first kappa shape index (κ1) is 21.1. The van der Waals surface area contributed by atoms with Gasteiger partial charge in [-0.1, -0.05) is 22.0 Å². The Balaban J connectivity index is 1.87. The highest BCUT2D eigenvalue weighted by atomic mass is 79.9. The van der Waals surface area contributed by atoms with Crippen LogP contribution >= 0.6 is 15.9 Å². The smallest absolute Gasteiger partial charge is 0.194 e. The third kappa shape index (κ3) is 6.85. The summed E-state index contributed by atoms with van der Waals surface area (Å²) in [4.78, 5) is 6.86. The van der Waals surface area contributed by atoms with Crippen molar-refractivity contribution in [1.29, 1.82) is 0 Å². The minimum atomic E-state index is -0.234. The second-order valence-electron chi connectivity index (χ2n) is 6.31. The monoisotopic (exact) mass is 429 g/mol. The van der Waals surface area contributed by atoms with Crippen molar-refractivity contribution in [2.24, 2.45) is 4.99 Å². The first-order valence-corrected chi connectivity index (χ1v) is 10.0. The molecular formula is C19H29BrFN3O2. The largest absolute Gasteiger partial charge is 0.385 e. The van der Waals surface area contributed by atoms with Crippen LogP contribution in [-0.2, 0) is 16.0 Å². The van der Waals surface area contributed by atoms with Gasteiger partial charge in [-0.15, -0.1) is 0 Å². The molecule has 1 aliphatic heterocycles. The second-order valence-corrected chi connectivity index (χ2v) is 7.23. The number of hydrogen-bond acceptors (Lipinski definition) is 3. The van der Waals surface area contributed by atoms with Crippen molar-refractivity contribution >= 4 is 21.9 Å². The summed E-state index contributed by atoms with van der Waals surface area (Å²) in [7, 11) is 1.71. The third-order valence-corrected chi connectivity index (χ3v) is 4.83. The average molecular weight is 430 g/mol. The first-order chi connectivity index (χ1) is 12.6. The molecule has 0 saturated carbocycles. The average Bonchev–Trinajstić information content (AvgIpc) is 2.64. The molecule has 1 N–H and O–H groups in total. The Bertz CT molecular complexity index is 578. The summed E-state index contributed by atoms with van der Waals surface area (Å²) < 4.78 is 25.7. The molecule has 1 fully saturated rings. The van der Waals surface area contributed by atoms with Gasteiger partial charge in [0.1, 0.15) is 5.82 Å². The van der Waals surface area contributed by atoms with Crippen molar-refractivity contribution in [3.8, 4) is 0 Å². The highest BCUT2D eigenvalue weighted by Crippen LogP contribution is 2.17. The molecule has 146 valence electrons. The Hall–Kier alpha value is -1.18. The predicted molar refractivity (Wildman–Crippen MR) is 106 cm³/mol. The SMILES string of the molecule is CCNC(=NCc1ccc(Br)cc1F)N1CCC(OCCCOC)CC1. The highest BCUT2D eigenvalue weighted by molar-refractivity contribution is 9.10. The zero-order valence-corrected chi connectivity index (χ0v) is 17.2. The summed E-state index contributed by atoms with van der Waals surface area (Å²) in [5.74, 6) is 0.606. The lowest BCUT2D eigenvalue weighted by atomic mass is 10.1. The van der Waals surface area contributed by atoms with E-state index in [0.29, 0.717) is 18.2 Å². The number of guanidine groups is 1. The van der Waals surface area contributed by atoms with Gasteiger partial charge in [0.2, 0.25) is 0 Å². The lowest BCUT2D eigenvalue weighted by Crippen LogP contribution is -2.47. The van der Waals surface area contributed by atoms with Gasteiger partial charge in [-0.25, -0.2) is 9.38 Å². The van der Waals surface area contributed by atoms with Crippen LogP contribution in [0.1, 0.15) is 31.7 Å². The van der Waals surface area contributed by atoms with E-state index in [0.717, 1.165) is 62.5 Å². The number of piperidine rings is 1. The van der Waals surface area contributed by atoms with Crippen molar-refractivity contribution in [3.63, 3.8) is 0 Å². The van der Waals surface area contributed by atoms with Crippen LogP contribution < -0.4 is 5.32 Å². The van der Waals surface area contributed by atoms with Crippen LogP contribution in [0, 0.1) is 5.82 Å². The van der Waals surface area contributed by atoms with Crippen molar-refractivity contribution in [2.45, 2.75) is 38.8 Å². The number of nitrogens with zero attached hydrogens (tertiary/aromatic N) is 2. The van der Waals surface area contributed by atoms with E-state index >= 15 is 0 Å². The van der Waals surface area contributed by atoms with E-state index in [2.05, 4.69) is 31.1 Å². The van der Waals surface area contributed by atoms with Crippen LogP contribution in [0.3, 0.4) is 0 Å². The maximum Gasteiger partial charge on any atom is 0.194 e. The molecule has 5 nitrogen and oxygen atoms in total. The van der Waals surface area contributed by atoms with Crippen LogP contribution in [0.2, 0.25) is 0 Å². The van der Waals surface area contributed by atoms with Crippen LogP contribution in [-0.4, -0.2) is 56.9 Å². The lowest BCUT2D eigenvalue weighted by Gasteiger charge is -2.34. The first-order valence-electron chi connectivity index (χ1n) is 9.21. The Morgan fingerprint density at radius 3 is 2.77 bits per heavy atom. The van der Waals surface area contributed by atoms with E-state index in [1.54, 1.807) is 13.2 Å². The number of halogens is 2. The van der Waals surface area contributed by atoms with E-state index in [4.69, 9.17) is 9.47 Å². The van der Waals surface area contributed by atoms with Crippen LogP contribution in [0.4, 0.5) is 4.39 Å². The maximum atomic E-state index is 14.0. The number of likely N-dealkylation sites (tertiary alicyclic amines) is 1. The standard InChI is InChI=1S/C19H29BrFN3O2/c1-3-22-19(23-14-15-5-6-16(20)13-18(15)21)24-9-7-17(8-10-24)26-12-4-11-25-2/h5-6,13,17H,3-4,7-12,14H2,1-2H3,(H,22,23). The van der Waals surface area contributed by atoms with Gasteiger partial charge >= 0.3 is 0 Å². The third-order valence-electron chi connectivity index (χ3n) is 4.34. The fourth-order valence-corrected chi connectivity index (χ4v) is 3.26. The van der Waals surface area contributed by atoms with Crippen LogP contribution in [0.5, 0.6) is 0 Å². The molecule has 26 heavy (non-hydrogen) atoms. The number of aliphatic imine (C=N–C) groups is 1. The highest BCUT2D eigenvalue weighted by Gasteiger charge is 2.21. The molecule has 1 aliphatic rings. The van der Waals surface area contributed by atoms with Crippen molar-refractivity contribution < 1.29 is 13.9 Å². The second kappa shape index (κ2) is 11.5. The molecule has 1 aromatic carbocycles. The van der Waals surface area contributed by atoms with Gasteiger partial charge in [0.15, 0.2) is 5.96 Å².